The van der Waals surface area contributed by atoms with E-state index >= 15 is 0 Å². The van der Waals surface area contributed by atoms with Gasteiger partial charge in [-0.25, -0.2) is 4.79 Å². The Morgan fingerprint density at radius 2 is 1.59 bits per heavy atom. The Hall–Kier alpha value is -3.46. The van der Waals surface area contributed by atoms with Gasteiger partial charge in [0.2, 0.25) is 5.91 Å². The molecule has 2 aliphatic heterocycles. The Morgan fingerprint density at radius 3 is 2.29 bits per heavy atom. The molecule has 0 saturated carbocycles. The van der Waals surface area contributed by atoms with Crippen LogP contribution in [0, 0.1) is 0 Å². The Balaban J connectivity index is 1.30. The SMILES string of the molecule is COc1ccc(OC)c(CN2CCN(C(=O)CN3CCN(c4ccccc4OC)C3=O)CC2)c1. The van der Waals surface area contributed by atoms with Gasteiger partial charge in [0.25, 0.3) is 0 Å². The minimum atomic E-state index is -0.165. The molecule has 2 aromatic carbocycles. The molecule has 9 heteroatoms. The zero-order valence-corrected chi connectivity index (χ0v) is 20.0. The number of benzene rings is 2. The molecule has 3 amide bonds. The van der Waals surface area contributed by atoms with Gasteiger partial charge < -0.3 is 24.0 Å². The molecule has 0 atom stereocenters. The quantitative estimate of drug-likeness (QED) is 0.592. The average molecular weight is 469 g/mol. The summed E-state index contributed by atoms with van der Waals surface area (Å²) in [6.07, 6.45) is 0. The second-order valence-electron chi connectivity index (χ2n) is 8.36. The van der Waals surface area contributed by atoms with Crippen molar-refractivity contribution < 1.29 is 23.8 Å². The van der Waals surface area contributed by atoms with Crippen LogP contribution in [-0.4, -0.2) is 93.8 Å². The maximum Gasteiger partial charge on any atom is 0.325 e. The summed E-state index contributed by atoms with van der Waals surface area (Å²) in [7, 11) is 4.90. The van der Waals surface area contributed by atoms with E-state index in [1.165, 1.54) is 0 Å². The van der Waals surface area contributed by atoms with Crippen molar-refractivity contribution in [1.82, 2.24) is 14.7 Å². The summed E-state index contributed by atoms with van der Waals surface area (Å²) in [5.74, 6) is 2.25. The highest BCUT2D eigenvalue weighted by atomic mass is 16.5. The number of nitrogens with zero attached hydrogens (tertiary/aromatic N) is 4. The number of anilines is 1. The van der Waals surface area contributed by atoms with Crippen LogP contribution >= 0.6 is 0 Å². The summed E-state index contributed by atoms with van der Waals surface area (Å²) in [5, 5.41) is 0. The predicted molar refractivity (Wildman–Crippen MR) is 129 cm³/mol. The molecule has 182 valence electrons. The number of methoxy groups -OCH3 is 3. The second-order valence-corrected chi connectivity index (χ2v) is 8.36. The maximum absolute atomic E-state index is 13.0. The van der Waals surface area contributed by atoms with E-state index in [4.69, 9.17) is 14.2 Å². The van der Waals surface area contributed by atoms with Crippen molar-refractivity contribution in [3.63, 3.8) is 0 Å². The lowest BCUT2D eigenvalue weighted by Gasteiger charge is -2.35. The number of hydrogen-bond acceptors (Lipinski definition) is 6. The fraction of sp³-hybridized carbons (Fsp3) is 0.440. The van der Waals surface area contributed by atoms with E-state index in [1.807, 2.05) is 47.4 Å². The van der Waals surface area contributed by atoms with Crippen molar-refractivity contribution in [2.75, 3.05) is 72.0 Å². The lowest BCUT2D eigenvalue weighted by molar-refractivity contribution is -0.133. The molecular formula is C25H32N4O5. The van der Waals surface area contributed by atoms with Crippen molar-refractivity contribution in [3.8, 4) is 17.2 Å². The molecule has 0 N–H and O–H groups in total. The third-order valence-corrected chi connectivity index (χ3v) is 6.40. The third kappa shape index (κ3) is 5.04. The number of carbonyl (C=O) groups is 2. The van der Waals surface area contributed by atoms with E-state index in [1.54, 1.807) is 31.1 Å². The molecule has 0 aromatic heterocycles. The fourth-order valence-electron chi connectivity index (χ4n) is 4.47. The number of amides is 3. The molecule has 0 unspecified atom stereocenters. The topological polar surface area (TPSA) is 74.8 Å². The number of carbonyl (C=O) groups excluding carboxylic acids is 2. The van der Waals surface area contributed by atoms with Crippen LogP contribution < -0.4 is 19.1 Å². The Bertz CT molecular complexity index is 1020. The number of hydrogen-bond donors (Lipinski definition) is 0. The fourth-order valence-corrected chi connectivity index (χ4v) is 4.47. The standard InChI is InChI=1S/C25H32N4O5/c1-32-20-8-9-22(33-2)19(16-20)17-26-10-12-27(13-11-26)24(30)18-28-14-15-29(25(28)31)21-6-4-5-7-23(21)34-3/h4-9,16H,10-15,17-18H2,1-3H3. The zero-order chi connectivity index (χ0) is 24.1. The minimum absolute atomic E-state index is 0.0196. The zero-order valence-electron chi connectivity index (χ0n) is 20.0. The van der Waals surface area contributed by atoms with Crippen molar-refractivity contribution in [2.45, 2.75) is 6.54 Å². The van der Waals surface area contributed by atoms with Crippen molar-refractivity contribution >= 4 is 17.6 Å². The molecule has 2 fully saturated rings. The molecule has 9 nitrogen and oxygen atoms in total. The molecule has 2 saturated heterocycles. The average Bonchev–Trinajstić information content (AvgIpc) is 3.23. The highest BCUT2D eigenvalue weighted by Crippen LogP contribution is 2.30. The first-order valence-corrected chi connectivity index (χ1v) is 11.4. The van der Waals surface area contributed by atoms with Gasteiger partial charge >= 0.3 is 6.03 Å². The van der Waals surface area contributed by atoms with Crippen LogP contribution in [0.25, 0.3) is 0 Å². The van der Waals surface area contributed by atoms with Crippen LogP contribution in [0.1, 0.15) is 5.56 Å². The first kappa shape index (κ1) is 23.7. The molecule has 0 radical (unpaired) electrons. The Kier molecular flexibility index (Phi) is 7.42. The Labute approximate surface area is 200 Å². The summed E-state index contributed by atoms with van der Waals surface area (Å²) in [6.45, 7) is 4.63. The molecule has 0 aliphatic carbocycles. The van der Waals surface area contributed by atoms with E-state index in [9.17, 15) is 9.59 Å². The van der Waals surface area contributed by atoms with Crippen LogP contribution in [0.2, 0.25) is 0 Å². The van der Waals surface area contributed by atoms with Crippen LogP contribution in [-0.2, 0) is 11.3 Å². The van der Waals surface area contributed by atoms with Gasteiger partial charge in [-0.2, -0.15) is 0 Å². The molecule has 2 aliphatic rings. The molecule has 0 bridgehead atoms. The molecule has 34 heavy (non-hydrogen) atoms. The highest BCUT2D eigenvalue weighted by Gasteiger charge is 2.33. The summed E-state index contributed by atoms with van der Waals surface area (Å²) >= 11 is 0. The van der Waals surface area contributed by atoms with Gasteiger partial charge in [-0.15, -0.1) is 0 Å². The number of ether oxygens (including phenoxy) is 3. The van der Waals surface area contributed by atoms with Crippen molar-refractivity contribution in [2.24, 2.45) is 0 Å². The predicted octanol–water partition coefficient (Wildman–Crippen LogP) is 2.30. The summed E-state index contributed by atoms with van der Waals surface area (Å²) in [4.78, 5) is 33.3. The molecule has 2 aromatic rings. The van der Waals surface area contributed by atoms with Crippen LogP contribution in [0.4, 0.5) is 10.5 Å². The number of piperazine rings is 1. The van der Waals surface area contributed by atoms with E-state index in [0.717, 1.165) is 42.4 Å². The molecule has 4 rings (SSSR count). The van der Waals surface area contributed by atoms with Gasteiger partial charge in [0.15, 0.2) is 0 Å². The van der Waals surface area contributed by atoms with Crippen LogP contribution in [0.3, 0.4) is 0 Å². The van der Waals surface area contributed by atoms with Gasteiger partial charge in [-0.05, 0) is 30.3 Å². The van der Waals surface area contributed by atoms with Gasteiger partial charge in [0.1, 0.15) is 23.8 Å². The first-order chi connectivity index (χ1) is 16.5. The van der Waals surface area contributed by atoms with Gasteiger partial charge in [0, 0.05) is 51.4 Å². The number of para-hydroxylation sites is 2. The largest absolute Gasteiger partial charge is 0.497 e. The lowest BCUT2D eigenvalue weighted by Crippen LogP contribution is -2.51. The van der Waals surface area contributed by atoms with Gasteiger partial charge in [-0.1, -0.05) is 12.1 Å². The first-order valence-electron chi connectivity index (χ1n) is 11.4. The normalized spacial score (nSPS) is 16.7. The smallest absolute Gasteiger partial charge is 0.325 e. The second kappa shape index (κ2) is 10.6. The molecular weight excluding hydrogens is 436 g/mol. The van der Waals surface area contributed by atoms with Gasteiger partial charge in [-0.3, -0.25) is 14.6 Å². The highest BCUT2D eigenvalue weighted by molar-refractivity contribution is 5.97. The Morgan fingerprint density at radius 1 is 0.853 bits per heavy atom. The summed E-state index contributed by atoms with van der Waals surface area (Å²) < 4.78 is 16.2. The number of rotatable bonds is 8. The third-order valence-electron chi connectivity index (χ3n) is 6.40. The van der Waals surface area contributed by atoms with E-state index in [2.05, 4.69) is 4.90 Å². The maximum atomic E-state index is 13.0. The van der Waals surface area contributed by atoms with Crippen molar-refractivity contribution in [3.05, 3.63) is 48.0 Å². The minimum Gasteiger partial charge on any atom is -0.497 e. The monoisotopic (exact) mass is 468 g/mol. The van der Waals surface area contributed by atoms with E-state index < -0.39 is 0 Å². The van der Waals surface area contributed by atoms with Crippen molar-refractivity contribution in [1.29, 1.82) is 0 Å². The van der Waals surface area contributed by atoms with E-state index in [0.29, 0.717) is 31.9 Å². The lowest BCUT2D eigenvalue weighted by atomic mass is 10.1. The van der Waals surface area contributed by atoms with Gasteiger partial charge in [0.05, 0.1) is 27.0 Å². The molecule has 0 spiro atoms. The molecule has 2 heterocycles. The van der Waals surface area contributed by atoms with Crippen LogP contribution in [0.15, 0.2) is 42.5 Å². The van der Waals surface area contributed by atoms with E-state index in [-0.39, 0.29) is 18.5 Å². The summed E-state index contributed by atoms with van der Waals surface area (Å²) in [5.41, 5.74) is 1.78. The summed E-state index contributed by atoms with van der Waals surface area (Å²) in [6, 6.07) is 13.1. The van der Waals surface area contributed by atoms with Crippen LogP contribution in [0.5, 0.6) is 17.2 Å². The number of urea groups is 1.